The first-order valence-corrected chi connectivity index (χ1v) is 5.37. The molecule has 0 bridgehead atoms. The molecule has 0 saturated heterocycles. The van der Waals surface area contributed by atoms with Gasteiger partial charge in [0, 0.05) is 12.6 Å². The summed E-state index contributed by atoms with van der Waals surface area (Å²) in [6, 6.07) is -0.531. The molecule has 0 rings (SSSR count). The molecule has 0 saturated carbocycles. The Morgan fingerprint density at radius 3 is 2.94 bits per heavy atom. The Kier molecular flexibility index (Phi) is 7.36. The number of ether oxygens (including phenoxy) is 1. The van der Waals surface area contributed by atoms with Gasteiger partial charge in [-0.3, -0.25) is 0 Å². The molecule has 2 atom stereocenters. The predicted molar refractivity (Wildman–Crippen MR) is 66.9 cm³/mol. The van der Waals surface area contributed by atoms with Gasteiger partial charge in [-0.05, 0) is 13.8 Å². The van der Waals surface area contributed by atoms with Crippen molar-refractivity contribution in [3.63, 3.8) is 0 Å². The number of carbonyl (C=O) groups excluding carboxylic acids is 1. The van der Waals surface area contributed by atoms with Gasteiger partial charge < -0.3 is 20.9 Å². The van der Waals surface area contributed by atoms with Crippen LogP contribution in [0.25, 0.3) is 0 Å². The number of nitrogens with one attached hydrogen (secondary N) is 1. The molecule has 0 heterocycles. The molecule has 17 heavy (non-hydrogen) atoms. The summed E-state index contributed by atoms with van der Waals surface area (Å²) in [5.74, 6) is 0. The van der Waals surface area contributed by atoms with Gasteiger partial charge in [-0.2, -0.15) is 0 Å². The molecular weight excluding hydrogens is 222 g/mol. The van der Waals surface area contributed by atoms with Crippen molar-refractivity contribution in [1.29, 1.82) is 0 Å². The first kappa shape index (κ1) is 15.8. The summed E-state index contributed by atoms with van der Waals surface area (Å²) in [6.07, 6.45) is 2.38. The number of rotatable bonds is 7. The molecule has 0 aromatic carbocycles. The van der Waals surface area contributed by atoms with E-state index in [-0.39, 0.29) is 13.0 Å². The Hall–Kier alpha value is -1.24. The van der Waals surface area contributed by atoms with Gasteiger partial charge in [-0.1, -0.05) is 6.08 Å². The fourth-order valence-corrected chi connectivity index (χ4v) is 1.28. The highest BCUT2D eigenvalue weighted by Gasteiger charge is 2.24. The van der Waals surface area contributed by atoms with E-state index < -0.39 is 17.8 Å². The average molecular weight is 243 g/mol. The summed E-state index contributed by atoms with van der Waals surface area (Å²) < 4.78 is 5.08. The fourth-order valence-electron chi connectivity index (χ4n) is 1.28. The molecule has 0 spiro atoms. The molecule has 0 aliphatic rings. The van der Waals surface area contributed by atoms with Crippen LogP contribution >= 0.6 is 0 Å². The largest absolute Gasteiger partial charge is 0.391 e. The van der Waals surface area contributed by atoms with Crippen molar-refractivity contribution in [2.75, 3.05) is 13.2 Å². The van der Waals surface area contributed by atoms with E-state index in [1.165, 1.54) is 6.21 Å². The average Bonchev–Trinajstić information content (AvgIpc) is 2.16. The quantitative estimate of drug-likeness (QED) is 0.261. The van der Waals surface area contributed by atoms with Crippen LogP contribution in [0.5, 0.6) is 0 Å². The third kappa shape index (κ3) is 8.56. The van der Waals surface area contributed by atoms with Crippen LogP contribution in [0.1, 0.15) is 20.3 Å². The molecule has 0 radical (unpaired) electrons. The highest BCUT2D eigenvalue weighted by atomic mass is 16.5. The second-order valence-electron chi connectivity index (χ2n) is 3.92. The Morgan fingerprint density at radius 2 is 2.41 bits per heavy atom. The second-order valence-corrected chi connectivity index (χ2v) is 3.92. The molecule has 0 aromatic rings. The number of aliphatic hydroxyl groups is 1. The number of carbonyl (C=O) groups is 1. The van der Waals surface area contributed by atoms with E-state index >= 15 is 0 Å². The first-order valence-electron chi connectivity index (χ1n) is 5.37. The third-order valence-electron chi connectivity index (χ3n) is 1.84. The maximum absolute atomic E-state index is 11.2. The molecule has 0 aliphatic carbocycles. The number of amides is 2. The van der Waals surface area contributed by atoms with E-state index in [0.717, 1.165) is 0 Å². The number of nitrogens with zero attached hydrogens (tertiary/aromatic N) is 1. The van der Waals surface area contributed by atoms with E-state index in [0.29, 0.717) is 6.61 Å². The summed E-state index contributed by atoms with van der Waals surface area (Å²) in [4.78, 5) is 14.7. The molecule has 0 fully saturated rings. The zero-order valence-corrected chi connectivity index (χ0v) is 10.3. The maximum Gasteiger partial charge on any atom is 0.341 e. The van der Waals surface area contributed by atoms with Gasteiger partial charge >= 0.3 is 6.03 Å². The molecule has 0 aromatic heterocycles. The first-order chi connectivity index (χ1) is 7.91. The Bertz CT molecular complexity index is 277. The van der Waals surface area contributed by atoms with E-state index in [4.69, 9.17) is 10.5 Å². The van der Waals surface area contributed by atoms with Crippen molar-refractivity contribution in [3.8, 4) is 0 Å². The Labute approximate surface area is 102 Å². The van der Waals surface area contributed by atoms with Crippen LogP contribution in [0.4, 0.5) is 4.79 Å². The normalized spacial score (nSPS) is 16.5. The van der Waals surface area contributed by atoms with Gasteiger partial charge in [0.2, 0.25) is 0 Å². The van der Waals surface area contributed by atoms with Crippen molar-refractivity contribution in [2.24, 2.45) is 10.7 Å². The molecule has 2 unspecified atom stereocenters. The second kappa shape index (κ2) is 7.94. The van der Waals surface area contributed by atoms with Crippen LogP contribution in [0, 0.1) is 0 Å². The zero-order valence-electron chi connectivity index (χ0n) is 10.3. The number of hydrogen-bond acceptors (Lipinski definition) is 4. The van der Waals surface area contributed by atoms with E-state index in [1.807, 2.05) is 0 Å². The highest BCUT2D eigenvalue weighted by Crippen LogP contribution is 2.06. The number of aliphatic imine (C=N–C) groups is 1. The standard InChI is InChI=1S/C11H21N3O3/c1-4-6-17-8-9(15)7-11(3,12)14-10(16)13-5-2/h4-5,9,15H,1,6-8,12H2,2-3H3,(H,14,16). The summed E-state index contributed by atoms with van der Waals surface area (Å²) >= 11 is 0. The van der Waals surface area contributed by atoms with Gasteiger partial charge in [0.05, 0.1) is 25.0 Å². The number of urea groups is 1. The van der Waals surface area contributed by atoms with Gasteiger partial charge in [-0.25, -0.2) is 9.79 Å². The van der Waals surface area contributed by atoms with Crippen molar-refractivity contribution < 1.29 is 14.6 Å². The molecule has 98 valence electrons. The lowest BCUT2D eigenvalue weighted by Crippen LogP contribution is -2.54. The molecule has 2 amide bonds. The number of aliphatic hydroxyl groups excluding tert-OH is 1. The molecular formula is C11H21N3O3. The van der Waals surface area contributed by atoms with Crippen molar-refractivity contribution in [3.05, 3.63) is 12.7 Å². The van der Waals surface area contributed by atoms with Gasteiger partial charge in [-0.15, -0.1) is 6.58 Å². The van der Waals surface area contributed by atoms with Crippen LogP contribution in [0.3, 0.4) is 0 Å². The summed E-state index contributed by atoms with van der Waals surface area (Å²) in [6.45, 7) is 7.23. The fraction of sp³-hybridized carbons (Fsp3) is 0.636. The molecule has 6 heteroatoms. The van der Waals surface area contributed by atoms with E-state index in [2.05, 4.69) is 16.9 Å². The van der Waals surface area contributed by atoms with Crippen LogP contribution < -0.4 is 11.1 Å². The summed E-state index contributed by atoms with van der Waals surface area (Å²) in [5.41, 5.74) is 4.78. The molecule has 4 N–H and O–H groups in total. The van der Waals surface area contributed by atoms with E-state index in [9.17, 15) is 9.90 Å². The topological polar surface area (TPSA) is 96.9 Å². The minimum atomic E-state index is -1.03. The lowest BCUT2D eigenvalue weighted by molar-refractivity contribution is 0.0304. The van der Waals surface area contributed by atoms with Gasteiger partial charge in [0.15, 0.2) is 0 Å². The monoisotopic (exact) mass is 243 g/mol. The SMILES string of the molecule is C=CCOCC(O)CC(C)(N)NC(=O)N=CC. The minimum absolute atomic E-state index is 0.145. The van der Waals surface area contributed by atoms with Crippen molar-refractivity contribution in [1.82, 2.24) is 5.32 Å². The molecule has 6 nitrogen and oxygen atoms in total. The summed E-state index contributed by atoms with van der Waals surface area (Å²) in [7, 11) is 0. The Morgan fingerprint density at radius 1 is 1.76 bits per heavy atom. The number of hydrogen-bond donors (Lipinski definition) is 3. The minimum Gasteiger partial charge on any atom is -0.391 e. The number of nitrogens with two attached hydrogens (primary N) is 1. The zero-order chi connectivity index (χ0) is 13.3. The lowest BCUT2D eigenvalue weighted by atomic mass is 10.1. The summed E-state index contributed by atoms with van der Waals surface area (Å²) in [5, 5.41) is 12.1. The lowest BCUT2D eigenvalue weighted by Gasteiger charge is -2.27. The van der Waals surface area contributed by atoms with Crippen LogP contribution in [-0.2, 0) is 4.74 Å². The highest BCUT2D eigenvalue weighted by molar-refractivity contribution is 5.83. The Balaban J connectivity index is 4.05. The van der Waals surface area contributed by atoms with Crippen LogP contribution in [-0.4, -0.2) is 42.3 Å². The van der Waals surface area contributed by atoms with E-state index in [1.54, 1.807) is 19.9 Å². The predicted octanol–water partition coefficient (Wildman–Crippen LogP) is 0.415. The smallest absolute Gasteiger partial charge is 0.341 e. The van der Waals surface area contributed by atoms with Gasteiger partial charge in [0.1, 0.15) is 0 Å². The van der Waals surface area contributed by atoms with Crippen molar-refractivity contribution in [2.45, 2.75) is 32.0 Å². The third-order valence-corrected chi connectivity index (χ3v) is 1.84. The molecule has 0 aliphatic heterocycles. The van der Waals surface area contributed by atoms with Crippen molar-refractivity contribution >= 4 is 12.2 Å². The van der Waals surface area contributed by atoms with Crippen LogP contribution in [0.15, 0.2) is 17.6 Å². The maximum atomic E-state index is 11.2. The van der Waals surface area contributed by atoms with Crippen LogP contribution in [0.2, 0.25) is 0 Å². The van der Waals surface area contributed by atoms with Gasteiger partial charge in [0.25, 0.3) is 0 Å².